The van der Waals surface area contributed by atoms with Crippen molar-refractivity contribution in [1.82, 2.24) is 4.90 Å². The number of benzene rings is 2. The molecular formula is C24H27N3O6S2. The van der Waals surface area contributed by atoms with E-state index in [1.165, 1.54) is 23.5 Å². The highest BCUT2D eigenvalue weighted by molar-refractivity contribution is 8.15. The monoisotopic (exact) mass is 517 g/mol. The molecule has 1 saturated heterocycles. The van der Waals surface area contributed by atoms with Crippen LogP contribution in [0.15, 0.2) is 53.4 Å². The van der Waals surface area contributed by atoms with Crippen molar-refractivity contribution in [2.24, 2.45) is 5.41 Å². The van der Waals surface area contributed by atoms with Gasteiger partial charge < -0.3 is 0 Å². The number of carbonyl (C=O) groups excluding carboxylic acids is 2. The summed E-state index contributed by atoms with van der Waals surface area (Å²) in [6.45, 7) is 2.62. The van der Waals surface area contributed by atoms with E-state index in [1.54, 1.807) is 24.3 Å². The third-order valence-corrected chi connectivity index (χ3v) is 9.06. The summed E-state index contributed by atoms with van der Waals surface area (Å²) < 4.78 is 27.6. The Hall–Kier alpha value is -2.92. The Kier molecular flexibility index (Phi) is 7.18. The van der Waals surface area contributed by atoms with Crippen molar-refractivity contribution in [2.45, 2.75) is 55.6 Å². The molecule has 186 valence electrons. The largest absolute Gasteiger partial charge is 0.289 e. The number of sulfonamides is 1. The van der Waals surface area contributed by atoms with Gasteiger partial charge >= 0.3 is 0 Å². The summed E-state index contributed by atoms with van der Waals surface area (Å²) in [5, 5.41) is 10.1. The number of nitro benzene ring substituents is 1. The van der Waals surface area contributed by atoms with Crippen molar-refractivity contribution in [3.05, 3.63) is 64.2 Å². The molecule has 1 aliphatic heterocycles. The highest BCUT2D eigenvalue weighted by atomic mass is 32.2. The summed E-state index contributed by atoms with van der Waals surface area (Å²) in [7, 11) is -3.92. The van der Waals surface area contributed by atoms with Gasteiger partial charge in [-0.05, 0) is 54.5 Å². The molecule has 1 heterocycles. The summed E-state index contributed by atoms with van der Waals surface area (Å²) in [6.07, 6.45) is 5.88. The van der Waals surface area contributed by atoms with Crippen LogP contribution >= 0.6 is 11.8 Å². The summed E-state index contributed by atoms with van der Waals surface area (Å²) in [5.74, 6) is -0.158. The van der Waals surface area contributed by atoms with Gasteiger partial charge in [-0.25, -0.2) is 8.42 Å². The molecule has 11 heteroatoms. The number of hydrogen-bond donors (Lipinski definition) is 1. The smallest absolute Gasteiger partial charge is 0.280 e. The molecule has 2 fully saturated rings. The topological polar surface area (TPSA) is 127 Å². The Morgan fingerprint density at radius 2 is 1.69 bits per heavy atom. The second-order valence-electron chi connectivity index (χ2n) is 9.43. The minimum atomic E-state index is -3.92. The molecule has 1 N–H and O–H groups in total. The maximum Gasteiger partial charge on any atom is 0.289 e. The first-order chi connectivity index (χ1) is 16.6. The van der Waals surface area contributed by atoms with Crippen LogP contribution in [0.25, 0.3) is 0 Å². The standard InChI is InChI=1S/C24H27N3O6S2/c1-24(13-3-2-4-14-24)16-26-22(28)21(34-23(26)29)15-17-5-7-18(8-6-17)25-35(32,33)20-11-9-19(10-12-20)27(30)31/h5-12,21,25H,2-4,13-16H2,1H3. The highest BCUT2D eigenvalue weighted by Crippen LogP contribution is 2.39. The first-order valence-corrected chi connectivity index (χ1v) is 13.8. The van der Waals surface area contributed by atoms with E-state index in [2.05, 4.69) is 11.6 Å². The highest BCUT2D eigenvalue weighted by Gasteiger charge is 2.43. The number of amides is 2. The maximum absolute atomic E-state index is 13.0. The Morgan fingerprint density at radius 1 is 1.06 bits per heavy atom. The molecule has 1 atom stereocenters. The Labute approximate surface area is 208 Å². The molecule has 0 spiro atoms. The summed E-state index contributed by atoms with van der Waals surface area (Å²) in [4.78, 5) is 37.0. The van der Waals surface area contributed by atoms with E-state index in [0.717, 1.165) is 55.1 Å². The van der Waals surface area contributed by atoms with Gasteiger partial charge in [0.25, 0.3) is 20.9 Å². The van der Waals surface area contributed by atoms with Crippen LogP contribution in [-0.4, -0.2) is 41.2 Å². The molecule has 0 bridgehead atoms. The van der Waals surface area contributed by atoms with Gasteiger partial charge in [-0.15, -0.1) is 0 Å². The molecule has 2 aromatic rings. The molecule has 2 aromatic carbocycles. The number of non-ortho nitro benzene ring substituents is 1. The number of imide groups is 1. The Morgan fingerprint density at radius 3 is 2.29 bits per heavy atom. The normalized spacial score (nSPS) is 20.1. The van der Waals surface area contributed by atoms with Crippen molar-refractivity contribution in [1.29, 1.82) is 0 Å². The van der Waals surface area contributed by atoms with Crippen LogP contribution < -0.4 is 4.72 Å². The number of nitrogens with zero attached hydrogens (tertiary/aromatic N) is 2. The average Bonchev–Trinajstić information content (AvgIpc) is 3.07. The SMILES string of the molecule is CC1(CN2C(=O)SC(Cc3ccc(NS(=O)(=O)c4ccc([N+](=O)[O-])cc4)cc3)C2=O)CCCCC1. The van der Waals surface area contributed by atoms with E-state index in [9.17, 15) is 28.1 Å². The number of hydrogen-bond acceptors (Lipinski definition) is 7. The molecule has 0 radical (unpaired) electrons. The lowest BCUT2D eigenvalue weighted by Crippen LogP contribution is -2.41. The van der Waals surface area contributed by atoms with E-state index >= 15 is 0 Å². The van der Waals surface area contributed by atoms with Gasteiger partial charge in [0.1, 0.15) is 0 Å². The van der Waals surface area contributed by atoms with Gasteiger partial charge in [-0.1, -0.05) is 50.1 Å². The molecule has 1 aliphatic carbocycles. The first-order valence-electron chi connectivity index (χ1n) is 11.4. The van der Waals surface area contributed by atoms with E-state index < -0.39 is 20.2 Å². The van der Waals surface area contributed by atoms with E-state index in [4.69, 9.17) is 0 Å². The minimum absolute atomic E-state index is 0.0124. The van der Waals surface area contributed by atoms with Crippen molar-refractivity contribution in [3.63, 3.8) is 0 Å². The number of nitrogens with one attached hydrogen (secondary N) is 1. The van der Waals surface area contributed by atoms with Gasteiger partial charge in [0.05, 0.1) is 15.1 Å². The zero-order chi connectivity index (χ0) is 25.2. The van der Waals surface area contributed by atoms with E-state index in [0.29, 0.717) is 18.7 Å². The van der Waals surface area contributed by atoms with Crippen molar-refractivity contribution >= 4 is 44.3 Å². The molecule has 1 saturated carbocycles. The number of rotatable bonds is 8. The van der Waals surface area contributed by atoms with Gasteiger partial charge in [0.15, 0.2) is 0 Å². The van der Waals surface area contributed by atoms with Gasteiger partial charge in [-0.3, -0.25) is 29.3 Å². The lowest BCUT2D eigenvalue weighted by molar-refractivity contribution is -0.384. The first kappa shape index (κ1) is 25.2. The van der Waals surface area contributed by atoms with Crippen LogP contribution in [0, 0.1) is 15.5 Å². The van der Waals surface area contributed by atoms with E-state index in [1.807, 2.05) is 0 Å². The molecule has 0 aromatic heterocycles. The zero-order valence-corrected chi connectivity index (χ0v) is 20.9. The second-order valence-corrected chi connectivity index (χ2v) is 12.3. The lowest BCUT2D eigenvalue weighted by Gasteiger charge is -2.36. The number of nitro groups is 1. The fourth-order valence-electron chi connectivity index (χ4n) is 4.60. The molecule has 35 heavy (non-hydrogen) atoms. The summed E-state index contributed by atoms with van der Waals surface area (Å²) in [6, 6.07) is 11.2. The van der Waals surface area contributed by atoms with Gasteiger partial charge in [0, 0.05) is 24.4 Å². The number of carbonyl (C=O) groups is 2. The third-order valence-electron chi connectivity index (χ3n) is 6.59. The second kappa shape index (κ2) is 9.98. The predicted molar refractivity (Wildman–Crippen MR) is 134 cm³/mol. The van der Waals surface area contributed by atoms with E-state index in [-0.39, 0.29) is 27.1 Å². The average molecular weight is 518 g/mol. The van der Waals surface area contributed by atoms with Crippen LogP contribution in [0.3, 0.4) is 0 Å². The zero-order valence-electron chi connectivity index (χ0n) is 19.3. The third kappa shape index (κ3) is 5.84. The van der Waals surface area contributed by atoms with Crippen LogP contribution in [0.4, 0.5) is 16.2 Å². The fourth-order valence-corrected chi connectivity index (χ4v) is 6.69. The predicted octanol–water partition coefficient (Wildman–Crippen LogP) is 4.97. The van der Waals surface area contributed by atoms with Crippen LogP contribution in [0.2, 0.25) is 0 Å². The molecule has 2 aliphatic rings. The van der Waals surface area contributed by atoms with Gasteiger partial charge in [-0.2, -0.15) is 0 Å². The van der Waals surface area contributed by atoms with Crippen molar-refractivity contribution in [2.75, 3.05) is 11.3 Å². The Bertz CT molecular complexity index is 1220. The quantitative estimate of drug-likeness (QED) is 0.387. The Balaban J connectivity index is 1.38. The van der Waals surface area contributed by atoms with Crippen molar-refractivity contribution in [3.8, 4) is 0 Å². The lowest BCUT2D eigenvalue weighted by atomic mass is 9.75. The van der Waals surface area contributed by atoms with Crippen LogP contribution in [-0.2, 0) is 21.2 Å². The maximum atomic E-state index is 13.0. The molecular weight excluding hydrogens is 490 g/mol. The van der Waals surface area contributed by atoms with Crippen LogP contribution in [0.1, 0.15) is 44.6 Å². The summed E-state index contributed by atoms with van der Waals surface area (Å²) >= 11 is 1.06. The fraction of sp³-hybridized carbons (Fsp3) is 0.417. The van der Waals surface area contributed by atoms with Crippen LogP contribution in [0.5, 0.6) is 0 Å². The molecule has 2 amide bonds. The molecule has 4 rings (SSSR count). The van der Waals surface area contributed by atoms with Gasteiger partial charge in [0.2, 0.25) is 5.91 Å². The number of anilines is 1. The number of thioether (sulfide) groups is 1. The molecule has 9 nitrogen and oxygen atoms in total. The minimum Gasteiger partial charge on any atom is -0.280 e. The van der Waals surface area contributed by atoms with Crippen molar-refractivity contribution < 1.29 is 22.9 Å². The summed E-state index contributed by atoms with van der Waals surface area (Å²) in [5.41, 5.74) is 0.923. The molecule has 1 unspecified atom stereocenters.